The molecule has 0 saturated carbocycles. The number of hydrogen-bond acceptors (Lipinski definition) is 7. The van der Waals surface area contributed by atoms with Crippen LogP contribution in [-0.2, 0) is 16.1 Å². The molecule has 2 heterocycles. The summed E-state index contributed by atoms with van der Waals surface area (Å²) < 4.78 is 24.7. The molecule has 0 radical (unpaired) electrons. The predicted octanol–water partition coefficient (Wildman–Crippen LogP) is 3.18. The van der Waals surface area contributed by atoms with Gasteiger partial charge in [0.05, 0.1) is 11.9 Å². The molecule has 1 unspecified atom stereocenters. The number of pyridine rings is 1. The van der Waals surface area contributed by atoms with Crippen molar-refractivity contribution < 1.29 is 28.6 Å². The maximum absolute atomic E-state index is 13.9. The second-order valence-electron chi connectivity index (χ2n) is 9.05. The van der Waals surface area contributed by atoms with Gasteiger partial charge in [-0.1, -0.05) is 18.2 Å². The number of methoxy groups -OCH3 is 1. The Bertz CT molecular complexity index is 1280. The van der Waals surface area contributed by atoms with Crippen molar-refractivity contribution in [1.29, 1.82) is 0 Å². The van der Waals surface area contributed by atoms with Crippen LogP contribution in [0.1, 0.15) is 28.8 Å². The maximum atomic E-state index is 13.9. The van der Waals surface area contributed by atoms with Gasteiger partial charge in [0, 0.05) is 44.4 Å². The van der Waals surface area contributed by atoms with Crippen LogP contribution in [0.25, 0.3) is 11.1 Å². The highest BCUT2D eigenvalue weighted by Gasteiger charge is 2.27. The Morgan fingerprint density at radius 3 is 2.71 bits per heavy atom. The number of nitrogens with zero attached hydrogens (tertiary/aromatic N) is 2. The minimum Gasteiger partial charge on any atom is -0.484 e. The molecule has 2 aromatic carbocycles. The smallest absolute Gasteiger partial charge is 0.260 e. The fraction of sp³-hybridized carbons (Fsp3) is 0.321. The quantitative estimate of drug-likeness (QED) is 0.369. The summed E-state index contributed by atoms with van der Waals surface area (Å²) in [6.07, 6.45) is 2.94. The Balaban J connectivity index is 1.44. The number of halogens is 1. The fourth-order valence-corrected chi connectivity index (χ4v) is 4.45. The molecule has 9 nitrogen and oxygen atoms in total. The molecule has 1 aliphatic rings. The summed E-state index contributed by atoms with van der Waals surface area (Å²) in [5.41, 5.74) is 8.62. The van der Waals surface area contributed by atoms with E-state index in [9.17, 15) is 19.1 Å². The Morgan fingerprint density at radius 2 is 2.00 bits per heavy atom. The van der Waals surface area contributed by atoms with E-state index in [2.05, 4.69) is 10.3 Å². The van der Waals surface area contributed by atoms with Gasteiger partial charge in [0.15, 0.2) is 18.7 Å². The first-order valence-electron chi connectivity index (χ1n) is 12.3. The van der Waals surface area contributed by atoms with Crippen molar-refractivity contribution in [2.45, 2.75) is 25.7 Å². The van der Waals surface area contributed by atoms with E-state index < -0.39 is 18.0 Å². The summed E-state index contributed by atoms with van der Waals surface area (Å²) in [7, 11) is 1.47. The number of nitrogens with two attached hydrogens (primary N) is 1. The normalized spacial score (nSPS) is 14.7. The Hall–Kier alpha value is -3.86. The third kappa shape index (κ3) is 6.52. The van der Waals surface area contributed by atoms with Crippen LogP contribution in [0, 0.1) is 11.7 Å². The molecule has 1 fully saturated rings. The van der Waals surface area contributed by atoms with Gasteiger partial charge >= 0.3 is 0 Å². The monoisotopic (exact) mass is 522 g/mol. The zero-order valence-corrected chi connectivity index (χ0v) is 21.1. The molecule has 1 atom stereocenters. The lowest BCUT2D eigenvalue weighted by molar-refractivity contribution is -0.143. The highest BCUT2D eigenvalue weighted by atomic mass is 19.1. The standard InChI is InChI=1S/C28H31FN4O5/c1-37-28(36)18-8-11-33(12-9-18)26(34)17-38-22-4-2-3-19(13-22)23-14-20(5-6-21(23)15-30)27(35)32-25-7-10-31-16-24(25)29/h2-7,10,13-14,16,18,28,36H,8-9,11-12,15,17,30H2,1H3,(H,31,32,35). The van der Waals surface area contributed by atoms with Crippen molar-refractivity contribution in [3.8, 4) is 16.9 Å². The van der Waals surface area contributed by atoms with Crippen molar-refractivity contribution in [3.05, 3.63) is 77.9 Å². The van der Waals surface area contributed by atoms with Gasteiger partial charge in [0.2, 0.25) is 0 Å². The zero-order chi connectivity index (χ0) is 27.1. The number of aliphatic hydroxyl groups excluding tert-OH is 1. The van der Waals surface area contributed by atoms with E-state index in [-0.39, 0.29) is 30.7 Å². The summed E-state index contributed by atoms with van der Waals surface area (Å²) in [5.74, 6) is -0.724. The molecular formula is C28H31FN4O5. The molecule has 10 heteroatoms. The molecule has 3 aromatic rings. The van der Waals surface area contributed by atoms with E-state index in [4.69, 9.17) is 15.2 Å². The second-order valence-corrected chi connectivity index (χ2v) is 9.05. The summed E-state index contributed by atoms with van der Waals surface area (Å²) in [6.45, 7) is 1.19. The maximum Gasteiger partial charge on any atom is 0.260 e. The van der Waals surface area contributed by atoms with Crippen molar-refractivity contribution in [2.75, 3.05) is 32.1 Å². The molecule has 1 saturated heterocycles. The molecule has 0 spiro atoms. The number of nitrogens with one attached hydrogen (secondary N) is 1. The van der Waals surface area contributed by atoms with E-state index >= 15 is 0 Å². The van der Waals surface area contributed by atoms with E-state index in [1.54, 1.807) is 41.3 Å². The number of aromatic nitrogens is 1. The predicted molar refractivity (Wildman–Crippen MR) is 140 cm³/mol. The van der Waals surface area contributed by atoms with E-state index in [0.29, 0.717) is 37.2 Å². The SMILES string of the molecule is COC(O)C1CCN(C(=O)COc2cccc(-c3cc(C(=O)Nc4ccncc4F)ccc3CN)c2)CC1. The number of likely N-dealkylation sites (tertiary alicyclic amines) is 1. The van der Waals surface area contributed by atoms with Gasteiger partial charge in [-0.05, 0) is 59.9 Å². The van der Waals surface area contributed by atoms with Gasteiger partial charge in [0.25, 0.3) is 11.8 Å². The lowest BCUT2D eigenvalue weighted by Crippen LogP contribution is -2.43. The average Bonchev–Trinajstić information content (AvgIpc) is 2.96. The van der Waals surface area contributed by atoms with E-state index in [1.165, 1.54) is 19.4 Å². The summed E-state index contributed by atoms with van der Waals surface area (Å²) in [6, 6.07) is 13.7. The van der Waals surface area contributed by atoms with E-state index in [1.807, 2.05) is 6.07 Å². The van der Waals surface area contributed by atoms with Crippen LogP contribution in [-0.4, -0.2) is 59.9 Å². The molecule has 2 amide bonds. The van der Waals surface area contributed by atoms with Gasteiger partial charge in [-0.2, -0.15) is 0 Å². The first-order chi connectivity index (χ1) is 18.4. The number of piperidine rings is 1. The largest absolute Gasteiger partial charge is 0.484 e. The summed E-state index contributed by atoms with van der Waals surface area (Å²) in [5, 5.41) is 12.4. The molecule has 0 aliphatic carbocycles. The van der Waals surface area contributed by atoms with Crippen molar-refractivity contribution in [3.63, 3.8) is 0 Å². The van der Waals surface area contributed by atoms with Crippen LogP contribution in [0.2, 0.25) is 0 Å². The third-order valence-electron chi connectivity index (χ3n) is 6.66. The van der Waals surface area contributed by atoms with Crippen molar-refractivity contribution in [2.24, 2.45) is 11.7 Å². The Morgan fingerprint density at radius 1 is 1.21 bits per heavy atom. The van der Waals surface area contributed by atoms with Crippen LogP contribution in [0.4, 0.5) is 10.1 Å². The lowest BCUT2D eigenvalue weighted by Gasteiger charge is -2.33. The molecule has 200 valence electrons. The van der Waals surface area contributed by atoms with E-state index in [0.717, 1.165) is 22.9 Å². The van der Waals surface area contributed by atoms with Crippen molar-refractivity contribution in [1.82, 2.24) is 9.88 Å². The first-order valence-corrected chi connectivity index (χ1v) is 12.3. The Labute approximate surface area is 220 Å². The minimum atomic E-state index is -0.814. The third-order valence-corrected chi connectivity index (χ3v) is 6.66. The minimum absolute atomic E-state index is 0.0139. The second kappa shape index (κ2) is 12.6. The Kier molecular flexibility index (Phi) is 9.01. The number of carbonyl (C=O) groups is 2. The molecule has 1 aromatic heterocycles. The fourth-order valence-electron chi connectivity index (χ4n) is 4.45. The number of hydrogen-bond donors (Lipinski definition) is 3. The van der Waals surface area contributed by atoms with Crippen molar-refractivity contribution >= 4 is 17.5 Å². The first kappa shape index (κ1) is 27.2. The van der Waals surface area contributed by atoms with Crippen LogP contribution in [0.15, 0.2) is 60.9 Å². The number of aliphatic hydroxyl groups is 1. The zero-order valence-electron chi connectivity index (χ0n) is 21.1. The van der Waals surface area contributed by atoms with Gasteiger partial charge < -0.3 is 30.5 Å². The number of amides is 2. The van der Waals surface area contributed by atoms with Crippen LogP contribution < -0.4 is 15.8 Å². The van der Waals surface area contributed by atoms with Crippen LogP contribution in [0.5, 0.6) is 5.75 Å². The van der Waals surface area contributed by atoms with Gasteiger partial charge in [-0.3, -0.25) is 14.6 Å². The van der Waals surface area contributed by atoms with Crippen LogP contribution in [0.3, 0.4) is 0 Å². The molecule has 38 heavy (non-hydrogen) atoms. The molecular weight excluding hydrogens is 491 g/mol. The van der Waals surface area contributed by atoms with Gasteiger partial charge in [-0.25, -0.2) is 4.39 Å². The number of carbonyl (C=O) groups excluding carboxylic acids is 2. The molecule has 4 N–H and O–H groups in total. The molecule has 0 bridgehead atoms. The van der Waals surface area contributed by atoms with Gasteiger partial charge in [0.1, 0.15) is 5.75 Å². The number of benzene rings is 2. The molecule has 4 rings (SSSR count). The van der Waals surface area contributed by atoms with Crippen LogP contribution >= 0.6 is 0 Å². The van der Waals surface area contributed by atoms with Gasteiger partial charge in [-0.15, -0.1) is 0 Å². The lowest BCUT2D eigenvalue weighted by atomic mass is 9.96. The number of rotatable bonds is 9. The highest BCUT2D eigenvalue weighted by molar-refractivity contribution is 6.05. The highest BCUT2D eigenvalue weighted by Crippen LogP contribution is 2.29. The topological polar surface area (TPSA) is 127 Å². The average molecular weight is 523 g/mol. The molecule has 1 aliphatic heterocycles. The number of ether oxygens (including phenoxy) is 2. The number of anilines is 1. The summed E-state index contributed by atoms with van der Waals surface area (Å²) >= 11 is 0. The summed E-state index contributed by atoms with van der Waals surface area (Å²) in [4.78, 5) is 30.9.